The van der Waals surface area contributed by atoms with Crippen LogP contribution in [0.15, 0.2) is 23.1 Å². The van der Waals surface area contributed by atoms with Crippen LogP contribution in [0.5, 0.6) is 0 Å². The van der Waals surface area contributed by atoms with Gasteiger partial charge in [0.1, 0.15) is 0 Å². The van der Waals surface area contributed by atoms with E-state index >= 15 is 0 Å². The van der Waals surface area contributed by atoms with Gasteiger partial charge in [-0.15, -0.1) is 12.6 Å². The minimum atomic E-state index is 0.0164. The number of halogens is 1. The normalized spacial score (nSPS) is 24.1. The Kier molecular flexibility index (Phi) is 3.69. The molecule has 0 saturated carbocycles. The fraction of sp³-hybridized carbons (Fsp3) is 0.462. The van der Waals surface area contributed by atoms with Gasteiger partial charge in [0, 0.05) is 17.5 Å². The van der Waals surface area contributed by atoms with Crippen LogP contribution >= 0.6 is 24.2 Å². The van der Waals surface area contributed by atoms with Crippen LogP contribution in [-0.4, -0.2) is 23.4 Å². The van der Waals surface area contributed by atoms with Crippen LogP contribution in [0, 0.1) is 5.92 Å². The van der Waals surface area contributed by atoms with Crippen molar-refractivity contribution in [2.75, 3.05) is 6.54 Å². The van der Waals surface area contributed by atoms with E-state index in [9.17, 15) is 4.79 Å². The molecule has 2 rings (SSSR count). The van der Waals surface area contributed by atoms with E-state index in [2.05, 4.69) is 26.5 Å². The summed E-state index contributed by atoms with van der Waals surface area (Å²) in [6, 6.07) is 5.54. The number of carbonyl (C=O) groups excluding carboxylic acids is 1. The Morgan fingerprint density at radius 2 is 2.18 bits per heavy atom. The average Bonchev–Trinajstić information content (AvgIpc) is 2.60. The van der Waals surface area contributed by atoms with Crippen molar-refractivity contribution in [3.05, 3.63) is 28.8 Å². The summed E-state index contributed by atoms with van der Waals surface area (Å²) < 4.78 is 0. The summed E-state index contributed by atoms with van der Waals surface area (Å²) in [7, 11) is 0. The summed E-state index contributed by atoms with van der Waals surface area (Å²) >= 11 is 10.3. The Morgan fingerprint density at radius 1 is 1.47 bits per heavy atom. The third-order valence-electron chi connectivity index (χ3n) is 3.23. The maximum atomic E-state index is 12.4. The molecule has 0 bridgehead atoms. The van der Waals surface area contributed by atoms with Gasteiger partial charge in [0.2, 0.25) is 0 Å². The quantitative estimate of drug-likeness (QED) is 0.774. The number of thiol groups is 1. The Labute approximate surface area is 112 Å². The van der Waals surface area contributed by atoms with Crippen molar-refractivity contribution >= 4 is 30.1 Å². The number of benzene rings is 1. The van der Waals surface area contributed by atoms with Crippen molar-refractivity contribution in [3.8, 4) is 0 Å². The van der Waals surface area contributed by atoms with E-state index in [1.54, 1.807) is 18.2 Å². The molecule has 2 atom stereocenters. The molecule has 0 spiro atoms. The van der Waals surface area contributed by atoms with Crippen LogP contribution < -0.4 is 0 Å². The molecule has 1 aliphatic rings. The lowest BCUT2D eigenvalue weighted by Gasteiger charge is -2.22. The fourth-order valence-electron chi connectivity index (χ4n) is 2.41. The van der Waals surface area contributed by atoms with E-state index in [4.69, 9.17) is 11.6 Å². The highest BCUT2D eigenvalue weighted by Crippen LogP contribution is 2.27. The average molecular weight is 270 g/mol. The molecule has 0 aliphatic carbocycles. The number of likely N-dealkylation sites (tertiary alicyclic amines) is 1. The molecule has 0 N–H and O–H groups in total. The highest BCUT2D eigenvalue weighted by atomic mass is 35.5. The number of rotatable bonds is 1. The van der Waals surface area contributed by atoms with Gasteiger partial charge in [-0.05, 0) is 37.5 Å². The van der Waals surface area contributed by atoms with Crippen LogP contribution in [0.4, 0.5) is 0 Å². The molecule has 92 valence electrons. The van der Waals surface area contributed by atoms with Crippen LogP contribution in [0.1, 0.15) is 30.6 Å². The second kappa shape index (κ2) is 4.91. The first-order chi connectivity index (χ1) is 7.99. The second-order valence-corrected chi connectivity index (χ2v) is 5.74. The molecule has 1 heterocycles. The molecule has 0 aromatic heterocycles. The lowest BCUT2D eigenvalue weighted by molar-refractivity contribution is 0.0743. The first-order valence-corrected chi connectivity index (χ1v) is 6.61. The molecule has 1 amide bonds. The summed E-state index contributed by atoms with van der Waals surface area (Å²) in [4.78, 5) is 15.0. The van der Waals surface area contributed by atoms with Gasteiger partial charge in [-0.25, -0.2) is 0 Å². The second-order valence-electron chi connectivity index (χ2n) is 4.81. The van der Waals surface area contributed by atoms with Gasteiger partial charge in [-0.3, -0.25) is 4.79 Å². The summed E-state index contributed by atoms with van der Waals surface area (Å²) in [6.07, 6.45) is 1.06. The van der Waals surface area contributed by atoms with Crippen LogP contribution in [0.25, 0.3) is 0 Å². The number of hydrogen-bond donors (Lipinski definition) is 1. The van der Waals surface area contributed by atoms with Crippen molar-refractivity contribution in [1.82, 2.24) is 4.90 Å². The third-order valence-corrected chi connectivity index (χ3v) is 3.83. The number of hydrogen-bond acceptors (Lipinski definition) is 2. The van der Waals surface area contributed by atoms with Gasteiger partial charge in [0.05, 0.1) is 10.6 Å². The third kappa shape index (κ3) is 2.61. The van der Waals surface area contributed by atoms with Gasteiger partial charge < -0.3 is 4.90 Å². The largest absolute Gasteiger partial charge is 0.336 e. The molecule has 0 radical (unpaired) electrons. The van der Waals surface area contributed by atoms with E-state index in [1.807, 2.05) is 4.90 Å². The zero-order valence-corrected chi connectivity index (χ0v) is 11.6. The summed E-state index contributed by atoms with van der Waals surface area (Å²) in [5, 5.41) is 0.500. The predicted octanol–water partition coefficient (Wildman–Crippen LogP) is 3.50. The van der Waals surface area contributed by atoms with Crippen LogP contribution in [0.2, 0.25) is 5.02 Å². The van der Waals surface area contributed by atoms with Crippen molar-refractivity contribution in [2.45, 2.75) is 31.2 Å². The molecular formula is C13H16ClNOS. The lowest BCUT2D eigenvalue weighted by atomic mass is 10.1. The molecular weight excluding hydrogens is 254 g/mol. The molecule has 1 saturated heterocycles. The SMILES string of the molecule is CC1CC(C)N(C(=O)c2cc(S)ccc2Cl)C1. The van der Waals surface area contributed by atoms with Crippen molar-refractivity contribution < 1.29 is 4.79 Å². The summed E-state index contributed by atoms with van der Waals surface area (Å²) in [6.45, 7) is 5.06. The van der Waals surface area contributed by atoms with Gasteiger partial charge in [0.15, 0.2) is 0 Å². The first-order valence-electron chi connectivity index (χ1n) is 5.78. The van der Waals surface area contributed by atoms with Crippen molar-refractivity contribution in [1.29, 1.82) is 0 Å². The number of amides is 1. The zero-order chi connectivity index (χ0) is 12.6. The van der Waals surface area contributed by atoms with Gasteiger partial charge >= 0.3 is 0 Å². The lowest BCUT2D eigenvalue weighted by Crippen LogP contribution is -2.34. The van der Waals surface area contributed by atoms with E-state index < -0.39 is 0 Å². The highest BCUT2D eigenvalue weighted by Gasteiger charge is 2.31. The molecule has 1 fully saturated rings. The Morgan fingerprint density at radius 3 is 2.76 bits per heavy atom. The van der Waals surface area contributed by atoms with Crippen LogP contribution in [0.3, 0.4) is 0 Å². The zero-order valence-electron chi connectivity index (χ0n) is 9.98. The summed E-state index contributed by atoms with van der Waals surface area (Å²) in [5.74, 6) is 0.578. The van der Waals surface area contributed by atoms with Gasteiger partial charge in [0.25, 0.3) is 5.91 Å². The fourth-order valence-corrected chi connectivity index (χ4v) is 2.82. The topological polar surface area (TPSA) is 20.3 Å². The van der Waals surface area contributed by atoms with Crippen molar-refractivity contribution in [3.63, 3.8) is 0 Å². The van der Waals surface area contributed by atoms with Crippen molar-refractivity contribution in [2.24, 2.45) is 5.92 Å². The molecule has 1 aromatic carbocycles. The molecule has 1 aliphatic heterocycles. The Hall–Kier alpha value is -0.670. The molecule has 1 aromatic rings. The minimum Gasteiger partial charge on any atom is -0.336 e. The molecule has 2 nitrogen and oxygen atoms in total. The summed E-state index contributed by atoms with van der Waals surface area (Å²) in [5.41, 5.74) is 0.556. The molecule has 2 unspecified atom stereocenters. The molecule has 4 heteroatoms. The first kappa shape index (κ1) is 12.8. The van der Waals surface area contributed by atoms with E-state index in [1.165, 1.54) is 0 Å². The Balaban J connectivity index is 2.28. The maximum Gasteiger partial charge on any atom is 0.255 e. The smallest absolute Gasteiger partial charge is 0.255 e. The molecule has 17 heavy (non-hydrogen) atoms. The highest BCUT2D eigenvalue weighted by molar-refractivity contribution is 7.80. The predicted molar refractivity (Wildman–Crippen MR) is 73.0 cm³/mol. The minimum absolute atomic E-state index is 0.0164. The monoisotopic (exact) mass is 269 g/mol. The van der Waals surface area contributed by atoms with Gasteiger partial charge in [-0.1, -0.05) is 18.5 Å². The van der Waals surface area contributed by atoms with E-state index in [-0.39, 0.29) is 11.9 Å². The van der Waals surface area contributed by atoms with Crippen LogP contribution in [-0.2, 0) is 0 Å². The maximum absolute atomic E-state index is 12.4. The Bertz CT molecular complexity index is 449. The van der Waals surface area contributed by atoms with Gasteiger partial charge in [-0.2, -0.15) is 0 Å². The van der Waals surface area contributed by atoms with E-state index in [0.29, 0.717) is 16.5 Å². The number of nitrogens with zero attached hydrogens (tertiary/aromatic N) is 1. The number of carbonyl (C=O) groups is 1. The van der Waals surface area contributed by atoms with E-state index in [0.717, 1.165) is 17.9 Å². The standard InChI is InChI=1S/C13H16ClNOS/c1-8-5-9(2)15(7-8)13(16)11-6-10(17)3-4-12(11)14/h3-4,6,8-9,17H,5,7H2,1-2H3.